The number of thiazole rings is 1. The number of amides is 1. The van der Waals surface area contributed by atoms with Crippen molar-refractivity contribution in [3.05, 3.63) is 49.6 Å². The molecular formula is C14H11ClF3N5O2S. The van der Waals surface area contributed by atoms with Crippen LogP contribution < -0.4 is 10.9 Å². The third-order valence-corrected chi connectivity index (χ3v) is 4.78. The Morgan fingerprint density at radius 1 is 1.38 bits per heavy atom. The summed E-state index contributed by atoms with van der Waals surface area (Å²) in [6, 6.07) is 1.84. The van der Waals surface area contributed by atoms with E-state index in [0.717, 1.165) is 26.5 Å². The predicted octanol–water partition coefficient (Wildman–Crippen LogP) is 2.34. The van der Waals surface area contributed by atoms with E-state index in [0.29, 0.717) is 10.9 Å². The minimum absolute atomic E-state index is 0.174. The maximum Gasteiger partial charge on any atom is 0.435 e. The van der Waals surface area contributed by atoms with E-state index in [1.54, 1.807) is 6.92 Å². The van der Waals surface area contributed by atoms with E-state index in [2.05, 4.69) is 15.4 Å². The molecule has 7 nitrogen and oxygen atoms in total. The Bertz CT molecular complexity index is 1070. The van der Waals surface area contributed by atoms with Crippen molar-refractivity contribution in [2.24, 2.45) is 0 Å². The van der Waals surface area contributed by atoms with Gasteiger partial charge in [-0.2, -0.15) is 18.3 Å². The van der Waals surface area contributed by atoms with Crippen LogP contribution in [-0.4, -0.2) is 32.1 Å². The second-order valence-corrected chi connectivity index (χ2v) is 6.87. The molecule has 0 aliphatic heterocycles. The smallest absolute Gasteiger partial charge is 0.354 e. The Balaban J connectivity index is 2.05. The largest absolute Gasteiger partial charge is 0.435 e. The fourth-order valence-corrected chi connectivity index (χ4v) is 3.57. The van der Waals surface area contributed by atoms with Crippen LogP contribution in [0, 0.1) is 6.92 Å². The molecule has 0 spiro atoms. The first-order chi connectivity index (χ1) is 12.1. The van der Waals surface area contributed by atoms with Gasteiger partial charge in [0.15, 0.2) is 10.7 Å². The van der Waals surface area contributed by atoms with Crippen LogP contribution >= 0.6 is 22.9 Å². The molecule has 0 aromatic carbocycles. The van der Waals surface area contributed by atoms with Gasteiger partial charge < -0.3 is 5.32 Å². The van der Waals surface area contributed by atoms with Gasteiger partial charge in [0.1, 0.15) is 10.8 Å². The van der Waals surface area contributed by atoms with Crippen LogP contribution in [0.3, 0.4) is 0 Å². The number of fused-ring (bicyclic) bond motifs is 1. The van der Waals surface area contributed by atoms with E-state index in [-0.39, 0.29) is 28.0 Å². The molecule has 1 amide bonds. The molecule has 0 unspecified atom stereocenters. The molecule has 3 aromatic rings. The summed E-state index contributed by atoms with van der Waals surface area (Å²) in [7, 11) is 1.44. The number of rotatable bonds is 3. The first kappa shape index (κ1) is 18.4. The van der Waals surface area contributed by atoms with Gasteiger partial charge in [0, 0.05) is 24.1 Å². The summed E-state index contributed by atoms with van der Waals surface area (Å²) >= 11 is 6.91. The first-order valence-corrected chi connectivity index (χ1v) is 8.36. The average molecular weight is 406 g/mol. The van der Waals surface area contributed by atoms with Crippen molar-refractivity contribution >= 4 is 33.8 Å². The van der Waals surface area contributed by atoms with Crippen LogP contribution in [0.4, 0.5) is 13.2 Å². The lowest BCUT2D eigenvalue weighted by Crippen LogP contribution is -2.26. The van der Waals surface area contributed by atoms with Gasteiger partial charge in [0.2, 0.25) is 0 Å². The van der Waals surface area contributed by atoms with E-state index in [1.165, 1.54) is 7.05 Å². The van der Waals surface area contributed by atoms with Crippen LogP contribution in [0.25, 0.3) is 4.96 Å². The molecule has 0 radical (unpaired) electrons. The van der Waals surface area contributed by atoms with Gasteiger partial charge in [-0.1, -0.05) is 11.6 Å². The molecule has 0 saturated carbocycles. The minimum Gasteiger partial charge on any atom is -0.354 e. The molecule has 3 heterocycles. The van der Waals surface area contributed by atoms with Crippen molar-refractivity contribution in [2.75, 3.05) is 7.05 Å². The number of nitrogens with zero attached hydrogens (tertiary/aromatic N) is 4. The third kappa shape index (κ3) is 3.19. The number of hydrogen-bond acceptors (Lipinski definition) is 5. The van der Waals surface area contributed by atoms with Gasteiger partial charge in [-0.05, 0) is 6.92 Å². The zero-order valence-corrected chi connectivity index (χ0v) is 15.0. The van der Waals surface area contributed by atoms with Gasteiger partial charge in [-0.3, -0.25) is 9.59 Å². The summed E-state index contributed by atoms with van der Waals surface area (Å²) in [6.45, 7) is 1.45. The number of aromatic nitrogens is 4. The monoisotopic (exact) mass is 405 g/mol. The Morgan fingerprint density at radius 2 is 2.08 bits per heavy atom. The lowest BCUT2D eigenvalue weighted by atomic mass is 10.3. The van der Waals surface area contributed by atoms with Crippen LogP contribution in [-0.2, 0) is 12.7 Å². The number of aryl methyl sites for hydroxylation is 1. The molecule has 3 rings (SSSR count). The standard InChI is InChI=1S/C14H11ClF3N5O2S/c1-6-11(12(25)19-2)23-10(24)3-7(20-13(23)26-6)5-22-9(15)4-8(21-22)14(16,17)18/h3-4H,5H2,1-2H3,(H,19,25). The van der Waals surface area contributed by atoms with Crippen molar-refractivity contribution in [1.29, 1.82) is 0 Å². The maximum atomic E-state index is 12.7. The van der Waals surface area contributed by atoms with E-state index >= 15 is 0 Å². The van der Waals surface area contributed by atoms with Crippen LogP contribution in [0.5, 0.6) is 0 Å². The zero-order valence-electron chi connectivity index (χ0n) is 13.4. The quantitative estimate of drug-likeness (QED) is 0.725. The average Bonchev–Trinajstić information content (AvgIpc) is 3.07. The van der Waals surface area contributed by atoms with Crippen LogP contribution in [0.2, 0.25) is 5.15 Å². The summed E-state index contributed by atoms with van der Waals surface area (Å²) in [5, 5.41) is 5.62. The summed E-state index contributed by atoms with van der Waals surface area (Å²) in [5.41, 5.74) is -1.30. The maximum absolute atomic E-state index is 12.7. The molecule has 0 saturated heterocycles. The highest BCUT2D eigenvalue weighted by atomic mass is 35.5. The number of halogens is 4. The fourth-order valence-electron chi connectivity index (χ4n) is 2.38. The Morgan fingerprint density at radius 3 is 2.65 bits per heavy atom. The number of nitrogens with one attached hydrogen (secondary N) is 1. The molecule has 138 valence electrons. The van der Waals surface area contributed by atoms with E-state index in [4.69, 9.17) is 11.6 Å². The summed E-state index contributed by atoms with van der Waals surface area (Å²) < 4.78 is 40.2. The first-order valence-electron chi connectivity index (χ1n) is 7.16. The number of carbonyl (C=O) groups is 1. The van der Waals surface area contributed by atoms with Gasteiger partial charge in [-0.15, -0.1) is 11.3 Å². The number of carbonyl (C=O) groups excluding carboxylic acids is 1. The second-order valence-electron chi connectivity index (χ2n) is 5.30. The van der Waals surface area contributed by atoms with Crippen molar-refractivity contribution in [1.82, 2.24) is 24.5 Å². The van der Waals surface area contributed by atoms with E-state index < -0.39 is 23.3 Å². The Hall–Kier alpha value is -2.40. The highest BCUT2D eigenvalue weighted by Crippen LogP contribution is 2.30. The van der Waals surface area contributed by atoms with Crippen LogP contribution in [0.1, 0.15) is 26.8 Å². The molecule has 3 aromatic heterocycles. The molecule has 12 heteroatoms. The minimum atomic E-state index is -4.63. The Kier molecular flexibility index (Phi) is 4.53. The van der Waals surface area contributed by atoms with Gasteiger partial charge >= 0.3 is 6.18 Å². The summed E-state index contributed by atoms with van der Waals surface area (Å²) in [4.78, 5) is 29.4. The van der Waals surface area contributed by atoms with E-state index in [1.807, 2.05) is 0 Å². The predicted molar refractivity (Wildman–Crippen MR) is 88.8 cm³/mol. The molecular weight excluding hydrogens is 395 g/mol. The lowest BCUT2D eigenvalue weighted by molar-refractivity contribution is -0.141. The number of hydrogen-bond donors (Lipinski definition) is 1. The lowest BCUT2D eigenvalue weighted by Gasteiger charge is -2.05. The zero-order chi connectivity index (χ0) is 19.2. The van der Waals surface area contributed by atoms with Crippen molar-refractivity contribution in [2.45, 2.75) is 19.6 Å². The highest BCUT2D eigenvalue weighted by molar-refractivity contribution is 7.17. The molecule has 1 N–H and O–H groups in total. The van der Waals surface area contributed by atoms with Gasteiger partial charge in [0.05, 0.1) is 12.2 Å². The number of alkyl halides is 3. The normalized spacial score (nSPS) is 11.9. The summed E-state index contributed by atoms with van der Waals surface area (Å²) in [5.74, 6) is -0.435. The van der Waals surface area contributed by atoms with Crippen molar-refractivity contribution in [3.8, 4) is 0 Å². The third-order valence-electron chi connectivity index (χ3n) is 3.52. The Labute approximate surface area is 153 Å². The topological polar surface area (TPSA) is 81.3 Å². The van der Waals surface area contributed by atoms with Crippen LogP contribution in [0.15, 0.2) is 16.9 Å². The second kappa shape index (κ2) is 6.40. The SMILES string of the molecule is CNC(=O)c1c(C)sc2nc(Cn3nc(C(F)(F)F)cc3Cl)cc(=O)n12. The summed E-state index contributed by atoms with van der Waals surface area (Å²) in [6.07, 6.45) is -4.63. The van der Waals surface area contributed by atoms with Gasteiger partial charge in [-0.25, -0.2) is 14.1 Å². The van der Waals surface area contributed by atoms with Gasteiger partial charge in [0.25, 0.3) is 11.5 Å². The molecule has 0 aliphatic carbocycles. The fraction of sp³-hybridized carbons (Fsp3) is 0.286. The molecule has 0 aliphatic rings. The molecule has 0 bridgehead atoms. The molecule has 26 heavy (non-hydrogen) atoms. The molecule has 0 fully saturated rings. The van der Waals surface area contributed by atoms with Crippen molar-refractivity contribution < 1.29 is 18.0 Å². The molecule has 0 atom stereocenters. The van der Waals surface area contributed by atoms with Crippen molar-refractivity contribution in [3.63, 3.8) is 0 Å². The van der Waals surface area contributed by atoms with E-state index in [9.17, 15) is 22.8 Å². The highest BCUT2D eigenvalue weighted by Gasteiger charge is 2.34.